The summed E-state index contributed by atoms with van der Waals surface area (Å²) >= 11 is 2.82. The average molecular weight is 317 g/mol. The van der Waals surface area contributed by atoms with E-state index in [1.807, 2.05) is 17.7 Å². The number of rotatable bonds is 4. The van der Waals surface area contributed by atoms with Gasteiger partial charge in [0, 0.05) is 22.5 Å². The Balaban J connectivity index is 1.67. The maximum absolute atomic E-state index is 12.1. The summed E-state index contributed by atoms with van der Waals surface area (Å²) in [6, 6.07) is 6.89. The second-order valence-corrected chi connectivity index (χ2v) is 5.89. The number of hydrogen-bond acceptors (Lipinski definition) is 6. The molecule has 0 spiro atoms. The van der Waals surface area contributed by atoms with Crippen LogP contribution in [0.25, 0.3) is 0 Å². The monoisotopic (exact) mass is 317 g/mol. The summed E-state index contributed by atoms with van der Waals surface area (Å²) in [5, 5.41) is 7.66. The number of hydrogen-bond donors (Lipinski definition) is 1. The fourth-order valence-corrected chi connectivity index (χ4v) is 2.80. The van der Waals surface area contributed by atoms with Crippen molar-refractivity contribution in [3.63, 3.8) is 0 Å². The zero-order valence-electron chi connectivity index (χ0n) is 11.1. The molecule has 0 saturated carbocycles. The van der Waals surface area contributed by atoms with Crippen LogP contribution in [0.2, 0.25) is 0 Å². The van der Waals surface area contributed by atoms with E-state index in [4.69, 9.17) is 4.74 Å². The smallest absolute Gasteiger partial charge is 0.278 e. The summed E-state index contributed by atoms with van der Waals surface area (Å²) in [6.07, 6.45) is 1.68. The van der Waals surface area contributed by atoms with Crippen molar-refractivity contribution in [3.05, 3.63) is 52.5 Å². The quantitative estimate of drug-likeness (QED) is 0.791. The van der Waals surface area contributed by atoms with Crippen LogP contribution in [-0.4, -0.2) is 15.9 Å². The number of thiazole rings is 2. The van der Waals surface area contributed by atoms with Gasteiger partial charge in [-0.1, -0.05) is 11.3 Å². The number of carbonyl (C=O) groups excluding carboxylic acids is 1. The van der Waals surface area contributed by atoms with Crippen LogP contribution in [0.15, 0.2) is 41.2 Å². The van der Waals surface area contributed by atoms with Crippen LogP contribution in [0.1, 0.15) is 16.1 Å². The van der Waals surface area contributed by atoms with E-state index in [0.717, 1.165) is 5.69 Å². The van der Waals surface area contributed by atoms with E-state index in [1.165, 1.54) is 22.7 Å². The second-order valence-electron chi connectivity index (χ2n) is 4.17. The number of nitrogens with zero attached hydrogens (tertiary/aromatic N) is 2. The highest BCUT2D eigenvalue weighted by atomic mass is 32.1. The Morgan fingerprint density at radius 2 is 2.05 bits per heavy atom. The molecule has 2 heterocycles. The molecule has 0 aliphatic carbocycles. The Morgan fingerprint density at radius 3 is 2.67 bits per heavy atom. The van der Waals surface area contributed by atoms with Gasteiger partial charge in [0.15, 0.2) is 5.13 Å². The Kier molecular flexibility index (Phi) is 3.94. The van der Waals surface area contributed by atoms with Gasteiger partial charge in [-0.05, 0) is 31.2 Å². The molecule has 0 bridgehead atoms. The number of amides is 1. The number of anilines is 1. The SMILES string of the molecule is Cc1csc(NC(=O)c2ccc(Oc3nccs3)cc2)n1. The first-order valence-corrected chi connectivity index (χ1v) is 7.87. The van der Waals surface area contributed by atoms with Gasteiger partial charge in [-0.2, -0.15) is 0 Å². The van der Waals surface area contributed by atoms with Crippen molar-refractivity contribution in [2.45, 2.75) is 6.92 Å². The lowest BCUT2D eigenvalue weighted by Gasteiger charge is -2.04. The minimum atomic E-state index is -0.190. The molecule has 7 heteroatoms. The lowest BCUT2D eigenvalue weighted by atomic mass is 10.2. The Bertz CT molecular complexity index is 736. The zero-order chi connectivity index (χ0) is 14.7. The zero-order valence-corrected chi connectivity index (χ0v) is 12.7. The van der Waals surface area contributed by atoms with Crippen molar-refractivity contribution >= 4 is 33.7 Å². The van der Waals surface area contributed by atoms with E-state index in [1.54, 1.807) is 30.5 Å². The molecule has 3 aromatic rings. The molecule has 0 fully saturated rings. The Labute approximate surface area is 129 Å². The average Bonchev–Trinajstić information content (AvgIpc) is 3.12. The van der Waals surface area contributed by atoms with Crippen LogP contribution in [0.5, 0.6) is 10.9 Å². The third-order valence-electron chi connectivity index (χ3n) is 2.57. The first-order valence-electron chi connectivity index (χ1n) is 6.11. The van der Waals surface area contributed by atoms with E-state index in [9.17, 15) is 4.79 Å². The summed E-state index contributed by atoms with van der Waals surface area (Å²) in [4.78, 5) is 20.3. The molecule has 1 amide bonds. The molecule has 1 aromatic carbocycles. The van der Waals surface area contributed by atoms with Crippen molar-refractivity contribution < 1.29 is 9.53 Å². The second kappa shape index (κ2) is 6.02. The van der Waals surface area contributed by atoms with Gasteiger partial charge in [-0.25, -0.2) is 9.97 Å². The number of aromatic nitrogens is 2. The van der Waals surface area contributed by atoms with Crippen molar-refractivity contribution in [1.82, 2.24) is 9.97 Å². The molecular weight excluding hydrogens is 306 g/mol. The third kappa shape index (κ3) is 3.45. The van der Waals surface area contributed by atoms with Crippen LogP contribution in [0, 0.1) is 6.92 Å². The molecule has 5 nitrogen and oxygen atoms in total. The molecule has 0 saturated heterocycles. The van der Waals surface area contributed by atoms with Crippen molar-refractivity contribution in [3.8, 4) is 10.9 Å². The highest BCUT2D eigenvalue weighted by Gasteiger charge is 2.09. The standard InChI is InChI=1S/C14H11N3O2S2/c1-9-8-21-13(16-9)17-12(18)10-2-4-11(5-3-10)19-14-15-6-7-20-14/h2-8H,1H3,(H,16,17,18). The van der Waals surface area contributed by atoms with Crippen LogP contribution in [0.4, 0.5) is 5.13 Å². The summed E-state index contributed by atoms with van der Waals surface area (Å²) in [7, 11) is 0. The predicted octanol–water partition coefficient (Wildman–Crippen LogP) is 3.95. The fourth-order valence-electron chi connectivity index (χ4n) is 1.62. The highest BCUT2D eigenvalue weighted by molar-refractivity contribution is 7.14. The molecule has 0 atom stereocenters. The minimum Gasteiger partial charge on any atom is -0.431 e. The van der Waals surface area contributed by atoms with E-state index >= 15 is 0 Å². The van der Waals surface area contributed by atoms with Crippen LogP contribution in [0.3, 0.4) is 0 Å². The van der Waals surface area contributed by atoms with Gasteiger partial charge in [0.25, 0.3) is 11.1 Å². The van der Waals surface area contributed by atoms with Gasteiger partial charge in [0.2, 0.25) is 0 Å². The fraction of sp³-hybridized carbons (Fsp3) is 0.0714. The Hall–Kier alpha value is -2.25. The molecular formula is C14H11N3O2S2. The number of carbonyl (C=O) groups is 1. The third-order valence-corrected chi connectivity index (χ3v) is 4.09. The molecule has 2 aromatic heterocycles. The summed E-state index contributed by atoms with van der Waals surface area (Å²) in [5.41, 5.74) is 1.44. The summed E-state index contributed by atoms with van der Waals surface area (Å²) in [5.74, 6) is 0.455. The number of aryl methyl sites for hydroxylation is 1. The first-order chi connectivity index (χ1) is 10.2. The normalized spacial score (nSPS) is 10.3. The molecule has 0 aliphatic heterocycles. The van der Waals surface area contributed by atoms with Gasteiger partial charge in [0.05, 0.1) is 5.69 Å². The molecule has 0 aliphatic rings. The van der Waals surface area contributed by atoms with Crippen LogP contribution >= 0.6 is 22.7 Å². The van der Waals surface area contributed by atoms with Gasteiger partial charge in [-0.3, -0.25) is 10.1 Å². The topological polar surface area (TPSA) is 64.1 Å². The lowest BCUT2D eigenvalue weighted by molar-refractivity contribution is 0.102. The summed E-state index contributed by atoms with van der Waals surface area (Å²) < 4.78 is 5.54. The van der Waals surface area contributed by atoms with Crippen molar-refractivity contribution in [2.75, 3.05) is 5.32 Å². The van der Waals surface area contributed by atoms with Gasteiger partial charge in [0.1, 0.15) is 5.75 Å². The van der Waals surface area contributed by atoms with Crippen molar-refractivity contribution in [2.24, 2.45) is 0 Å². The maximum atomic E-state index is 12.1. The van der Waals surface area contributed by atoms with Gasteiger partial charge in [-0.15, -0.1) is 11.3 Å². The molecule has 1 N–H and O–H groups in total. The van der Waals surface area contributed by atoms with E-state index in [2.05, 4.69) is 15.3 Å². The van der Waals surface area contributed by atoms with E-state index in [0.29, 0.717) is 21.6 Å². The van der Waals surface area contributed by atoms with Crippen molar-refractivity contribution in [1.29, 1.82) is 0 Å². The predicted molar refractivity (Wildman–Crippen MR) is 83.4 cm³/mol. The maximum Gasteiger partial charge on any atom is 0.278 e. The molecule has 0 radical (unpaired) electrons. The molecule has 0 unspecified atom stereocenters. The largest absolute Gasteiger partial charge is 0.431 e. The van der Waals surface area contributed by atoms with Gasteiger partial charge < -0.3 is 4.74 Å². The lowest BCUT2D eigenvalue weighted by Crippen LogP contribution is -2.11. The Morgan fingerprint density at radius 1 is 1.24 bits per heavy atom. The van der Waals surface area contributed by atoms with E-state index < -0.39 is 0 Å². The number of benzene rings is 1. The molecule has 106 valence electrons. The number of nitrogens with one attached hydrogen (secondary N) is 1. The van der Waals surface area contributed by atoms with Crippen LogP contribution < -0.4 is 10.1 Å². The molecule has 21 heavy (non-hydrogen) atoms. The van der Waals surface area contributed by atoms with Crippen LogP contribution in [-0.2, 0) is 0 Å². The number of ether oxygens (including phenoxy) is 1. The molecule has 3 rings (SSSR count). The first kappa shape index (κ1) is 13.7. The van der Waals surface area contributed by atoms with Gasteiger partial charge >= 0.3 is 0 Å². The minimum absolute atomic E-state index is 0.190. The highest BCUT2D eigenvalue weighted by Crippen LogP contribution is 2.23. The summed E-state index contributed by atoms with van der Waals surface area (Å²) in [6.45, 7) is 1.89. The van der Waals surface area contributed by atoms with E-state index in [-0.39, 0.29) is 5.91 Å².